The highest BCUT2D eigenvalue weighted by Crippen LogP contribution is 2.14. The lowest BCUT2D eigenvalue weighted by atomic mass is 10.2. The maximum Gasteiger partial charge on any atom is 0.257 e. The van der Waals surface area contributed by atoms with E-state index in [9.17, 15) is 4.79 Å². The van der Waals surface area contributed by atoms with E-state index >= 15 is 0 Å². The van der Waals surface area contributed by atoms with Gasteiger partial charge in [-0.1, -0.05) is 0 Å². The topological polar surface area (TPSA) is 88.7 Å². The SMILES string of the molecule is COCCN(CCO)C(=O)c1cnc(C)cc1N. The summed E-state index contributed by atoms with van der Waals surface area (Å²) < 4.78 is 4.93. The second-order valence-electron chi connectivity index (χ2n) is 3.92. The number of carbonyl (C=O) groups is 1. The number of hydrogen-bond acceptors (Lipinski definition) is 5. The molecule has 18 heavy (non-hydrogen) atoms. The van der Waals surface area contributed by atoms with Crippen molar-refractivity contribution >= 4 is 11.6 Å². The Labute approximate surface area is 106 Å². The number of aryl methyl sites for hydroxylation is 1. The molecular weight excluding hydrogens is 234 g/mol. The molecule has 1 heterocycles. The Kier molecular flexibility index (Phi) is 5.54. The number of anilines is 1. The predicted molar refractivity (Wildman–Crippen MR) is 68.3 cm³/mol. The lowest BCUT2D eigenvalue weighted by Crippen LogP contribution is -2.36. The zero-order valence-corrected chi connectivity index (χ0v) is 10.7. The molecule has 0 aliphatic heterocycles. The number of aliphatic hydroxyl groups excluding tert-OH is 1. The molecule has 1 amide bonds. The number of nitrogens with two attached hydrogens (primary N) is 1. The molecule has 1 aromatic heterocycles. The standard InChI is InChI=1S/C12H19N3O3/c1-9-7-11(13)10(8-14-9)12(17)15(3-5-16)4-6-18-2/h7-8,16H,3-6H2,1-2H3,(H2,13,14). The van der Waals surface area contributed by atoms with Gasteiger partial charge in [-0.2, -0.15) is 0 Å². The van der Waals surface area contributed by atoms with Gasteiger partial charge in [0, 0.05) is 37.8 Å². The quantitative estimate of drug-likeness (QED) is 0.748. The molecule has 0 fully saturated rings. The molecule has 0 aliphatic carbocycles. The highest BCUT2D eigenvalue weighted by Gasteiger charge is 2.17. The van der Waals surface area contributed by atoms with Crippen molar-refractivity contribution in [2.75, 3.05) is 39.1 Å². The number of aliphatic hydroxyl groups is 1. The number of rotatable bonds is 6. The van der Waals surface area contributed by atoms with Crippen molar-refractivity contribution in [2.45, 2.75) is 6.92 Å². The zero-order chi connectivity index (χ0) is 13.5. The fourth-order valence-corrected chi connectivity index (χ4v) is 1.57. The number of carbonyl (C=O) groups excluding carboxylic acids is 1. The molecule has 6 nitrogen and oxygen atoms in total. The normalized spacial score (nSPS) is 10.4. The molecular formula is C12H19N3O3. The molecule has 0 unspecified atom stereocenters. The average Bonchev–Trinajstić information content (AvgIpc) is 2.33. The Morgan fingerprint density at radius 1 is 1.56 bits per heavy atom. The number of pyridine rings is 1. The van der Waals surface area contributed by atoms with Crippen LogP contribution in [0, 0.1) is 6.92 Å². The molecule has 3 N–H and O–H groups in total. The van der Waals surface area contributed by atoms with Crippen LogP contribution in [0.15, 0.2) is 12.3 Å². The highest BCUT2D eigenvalue weighted by atomic mass is 16.5. The second kappa shape index (κ2) is 6.93. The monoisotopic (exact) mass is 253 g/mol. The van der Waals surface area contributed by atoms with E-state index in [1.807, 2.05) is 0 Å². The fourth-order valence-electron chi connectivity index (χ4n) is 1.57. The maximum atomic E-state index is 12.2. The van der Waals surface area contributed by atoms with E-state index in [0.717, 1.165) is 5.69 Å². The van der Waals surface area contributed by atoms with Gasteiger partial charge in [0.2, 0.25) is 0 Å². The minimum absolute atomic E-state index is 0.103. The van der Waals surface area contributed by atoms with Crippen LogP contribution in [0.3, 0.4) is 0 Å². The first-order chi connectivity index (χ1) is 8.60. The van der Waals surface area contributed by atoms with Crippen LogP contribution in [0.2, 0.25) is 0 Å². The third-order valence-corrected chi connectivity index (χ3v) is 2.53. The first-order valence-electron chi connectivity index (χ1n) is 5.71. The molecule has 0 spiro atoms. The van der Waals surface area contributed by atoms with E-state index in [1.165, 1.54) is 11.1 Å². The Morgan fingerprint density at radius 3 is 2.83 bits per heavy atom. The lowest BCUT2D eigenvalue weighted by Gasteiger charge is -2.22. The van der Waals surface area contributed by atoms with Crippen molar-refractivity contribution in [3.05, 3.63) is 23.5 Å². The minimum atomic E-state index is -0.244. The van der Waals surface area contributed by atoms with Crippen LogP contribution >= 0.6 is 0 Å². The first kappa shape index (κ1) is 14.4. The van der Waals surface area contributed by atoms with Crippen LogP contribution in [0.1, 0.15) is 16.1 Å². The summed E-state index contributed by atoms with van der Waals surface area (Å²) in [5, 5.41) is 8.96. The van der Waals surface area contributed by atoms with Crippen LogP contribution in [-0.2, 0) is 4.74 Å². The fraction of sp³-hybridized carbons (Fsp3) is 0.500. The first-order valence-corrected chi connectivity index (χ1v) is 5.71. The number of nitrogen functional groups attached to an aromatic ring is 1. The van der Waals surface area contributed by atoms with E-state index in [4.69, 9.17) is 15.6 Å². The number of aromatic nitrogens is 1. The number of nitrogens with zero attached hydrogens (tertiary/aromatic N) is 2. The second-order valence-corrected chi connectivity index (χ2v) is 3.92. The molecule has 1 rings (SSSR count). The Bertz CT molecular complexity index is 410. The van der Waals surface area contributed by atoms with Crippen molar-refractivity contribution in [3.63, 3.8) is 0 Å². The smallest absolute Gasteiger partial charge is 0.257 e. The molecule has 6 heteroatoms. The minimum Gasteiger partial charge on any atom is -0.398 e. The number of amides is 1. The summed E-state index contributed by atoms with van der Waals surface area (Å²) in [6.45, 7) is 2.76. The molecule has 0 aliphatic rings. The van der Waals surface area contributed by atoms with Gasteiger partial charge in [-0.3, -0.25) is 9.78 Å². The predicted octanol–water partition coefficient (Wildman–Crippen LogP) is 0.0531. The average molecular weight is 253 g/mol. The van der Waals surface area contributed by atoms with Crippen molar-refractivity contribution in [3.8, 4) is 0 Å². The van der Waals surface area contributed by atoms with Crippen LogP contribution in [-0.4, -0.2) is 54.3 Å². The van der Waals surface area contributed by atoms with Crippen molar-refractivity contribution < 1.29 is 14.6 Å². The van der Waals surface area contributed by atoms with Gasteiger partial charge in [-0.25, -0.2) is 0 Å². The molecule has 0 atom stereocenters. The van der Waals surface area contributed by atoms with Gasteiger partial charge < -0.3 is 20.5 Å². The van der Waals surface area contributed by atoms with Gasteiger partial charge in [-0.15, -0.1) is 0 Å². The summed E-state index contributed by atoms with van der Waals surface area (Å²) >= 11 is 0. The summed E-state index contributed by atoms with van der Waals surface area (Å²) in [6.07, 6.45) is 1.46. The van der Waals surface area contributed by atoms with E-state index < -0.39 is 0 Å². The molecule has 0 saturated heterocycles. The third kappa shape index (κ3) is 3.68. The van der Waals surface area contributed by atoms with Crippen molar-refractivity contribution in [1.29, 1.82) is 0 Å². The van der Waals surface area contributed by atoms with Gasteiger partial charge in [0.05, 0.1) is 18.8 Å². The zero-order valence-electron chi connectivity index (χ0n) is 10.7. The Morgan fingerprint density at radius 2 is 2.28 bits per heavy atom. The number of hydrogen-bond donors (Lipinski definition) is 2. The number of methoxy groups -OCH3 is 1. The summed E-state index contributed by atoms with van der Waals surface area (Å²) in [6, 6.07) is 1.65. The Balaban J connectivity index is 2.87. The van der Waals surface area contributed by atoms with Crippen LogP contribution < -0.4 is 5.73 Å². The molecule has 0 saturated carbocycles. The van der Waals surface area contributed by atoms with Crippen LogP contribution in [0.4, 0.5) is 5.69 Å². The highest BCUT2D eigenvalue weighted by molar-refractivity contribution is 5.98. The summed E-state index contributed by atoms with van der Waals surface area (Å²) in [7, 11) is 1.56. The molecule has 1 aromatic rings. The van der Waals surface area contributed by atoms with Gasteiger partial charge in [-0.05, 0) is 13.0 Å². The summed E-state index contributed by atoms with van der Waals surface area (Å²) in [4.78, 5) is 17.8. The van der Waals surface area contributed by atoms with E-state index in [2.05, 4.69) is 4.98 Å². The van der Waals surface area contributed by atoms with Gasteiger partial charge in [0.1, 0.15) is 0 Å². The Hall–Kier alpha value is -1.66. The summed E-state index contributed by atoms with van der Waals surface area (Å²) in [5.74, 6) is -0.244. The van der Waals surface area contributed by atoms with Crippen molar-refractivity contribution in [1.82, 2.24) is 9.88 Å². The largest absolute Gasteiger partial charge is 0.398 e. The van der Waals surface area contributed by atoms with Crippen LogP contribution in [0.25, 0.3) is 0 Å². The lowest BCUT2D eigenvalue weighted by molar-refractivity contribution is 0.0657. The van der Waals surface area contributed by atoms with Gasteiger partial charge in [0.25, 0.3) is 5.91 Å². The summed E-state index contributed by atoms with van der Waals surface area (Å²) in [5.41, 5.74) is 7.31. The van der Waals surface area contributed by atoms with E-state index in [1.54, 1.807) is 20.1 Å². The maximum absolute atomic E-state index is 12.2. The van der Waals surface area contributed by atoms with Gasteiger partial charge >= 0.3 is 0 Å². The van der Waals surface area contributed by atoms with Gasteiger partial charge in [0.15, 0.2) is 0 Å². The van der Waals surface area contributed by atoms with E-state index in [-0.39, 0.29) is 19.1 Å². The third-order valence-electron chi connectivity index (χ3n) is 2.53. The molecule has 0 aromatic carbocycles. The van der Waals surface area contributed by atoms with Crippen molar-refractivity contribution in [2.24, 2.45) is 0 Å². The molecule has 0 radical (unpaired) electrons. The van der Waals surface area contributed by atoms with Crippen LogP contribution in [0.5, 0.6) is 0 Å². The number of ether oxygens (including phenoxy) is 1. The molecule has 0 bridgehead atoms. The van der Waals surface area contributed by atoms with E-state index in [0.29, 0.717) is 24.4 Å². The molecule has 100 valence electrons.